The van der Waals surface area contributed by atoms with Crippen LogP contribution in [0.2, 0.25) is 0 Å². The van der Waals surface area contributed by atoms with Gasteiger partial charge in [-0.3, -0.25) is 9.47 Å². The largest absolute Gasteiger partial charge is 0.309 e. The highest BCUT2D eigenvalue weighted by atomic mass is 15.4. The molecule has 16 rings (SSSR count). The molecule has 346 valence electrons. The normalized spacial score (nSPS) is 13.2. The standard InChI is InChI=1S/C68H44N6/c1-4-20-45(21-5-1)68(46-22-6-2-7-23-46)57-44-50(38-41-65(57)73-66-35-19-14-30-58(66)69-67(73)74(68)47-24-8-3-9-25-47)72-63-39-36-48(70-59-31-15-10-26-51(59)52-27-11-16-32-60(52)70)42-55(63)56-43-49(37-40-64(56)72)71-61-33-17-12-28-53(61)54-29-13-18-34-62(54)71/h1-44H. The number of para-hydroxylation sites is 7. The Hall–Kier alpha value is -9.91. The zero-order chi connectivity index (χ0) is 48.5. The van der Waals surface area contributed by atoms with Crippen molar-refractivity contribution in [1.29, 1.82) is 0 Å². The number of fused-ring (bicyclic) bond motifs is 14. The molecule has 0 bridgehead atoms. The molecular weight excluding hydrogens is 901 g/mol. The van der Waals surface area contributed by atoms with Gasteiger partial charge in [0.15, 0.2) is 0 Å². The molecule has 4 aromatic heterocycles. The summed E-state index contributed by atoms with van der Waals surface area (Å²) in [6, 6.07) is 97.7. The fourth-order valence-electron chi connectivity index (χ4n) is 12.8. The van der Waals surface area contributed by atoms with Gasteiger partial charge in [-0.05, 0) is 114 Å². The van der Waals surface area contributed by atoms with Crippen molar-refractivity contribution in [2.45, 2.75) is 5.54 Å². The van der Waals surface area contributed by atoms with E-state index in [9.17, 15) is 0 Å². The molecule has 0 amide bonds. The summed E-state index contributed by atoms with van der Waals surface area (Å²) < 4.78 is 9.73. The first-order valence-corrected chi connectivity index (χ1v) is 25.4. The van der Waals surface area contributed by atoms with E-state index < -0.39 is 5.54 Å². The van der Waals surface area contributed by atoms with Crippen LogP contribution in [0.5, 0.6) is 0 Å². The number of rotatable bonds is 6. The number of anilines is 2. The molecular formula is C68H44N6. The van der Waals surface area contributed by atoms with Gasteiger partial charge in [0.1, 0.15) is 5.54 Å². The number of imidazole rings is 1. The first-order valence-electron chi connectivity index (χ1n) is 25.4. The van der Waals surface area contributed by atoms with Crippen molar-refractivity contribution in [3.8, 4) is 22.7 Å². The first-order chi connectivity index (χ1) is 36.7. The van der Waals surface area contributed by atoms with Crippen molar-refractivity contribution in [1.82, 2.24) is 23.3 Å². The van der Waals surface area contributed by atoms with Crippen LogP contribution in [0.15, 0.2) is 267 Å². The molecule has 0 aliphatic carbocycles. The molecule has 0 fully saturated rings. The van der Waals surface area contributed by atoms with Crippen LogP contribution in [0, 0.1) is 0 Å². The average Bonchev–Trinajstić information content (AvgIpc) is 4.23. The molecule has 0 saturated carbocycles. The summed E-state index contributed by atoms with van der Waals surface area (Å²) in [6.45, 7) is 0. The predicted octanol–water partition coefficient (Wildman–Crippen LogP) is 16.8. The molecule has 11 aromatic carbocycles. The molecule has 6 heteroatoms. The molecule has 0 unspecified atom stereocenters. The summed E-state index contributed by atoms with van der Waals surface area (Å²) in [7, 11) is 0. The van der Waals surface area contributed by atoms with Crippen molar-refractivity contribution in [2.75, 3.05) is 4.90 Å². The number of hydrogen-bond acceptors (Lipinski definition) is 2. The highest BCUT2D eigenvalue weighted by Crippen LogP contribution is 2.55. The first kappa shape index (κ1) is 40.8. The quantitative estimate of drug-likeness (QED) is 0.167. The topological polar surface area (TPSA) is 35.9 Å². The molecule has 0 spiro atoms. The van der Waals surface area contributed by atoms with E-state index in [0.29, 0.717) is 0 Å². The van der Waals surface area contributed by atoms with E-state index in [1.807, 2.05) is 0 Å². The second kappa shape index (κ2) is 15.5. The molecule has 6 nitrogen and oxygen atoms in total. The Morgan fingerprint density at radius 1 is 0.270 bits per heavy atom. The molecule has 0 saturated heterocycles. The Morgan fingerprint density at radius 2 is 0.649 bits per heavy atom. The van der Waals surface area contributed by atoms with Gasteiger partial charge < -0.3 is 13.7 Å². The molecule has 74 heavy (non-hydrogen) atoms. The summed E-state index contributed by atoms with van der Waals surface area (Å²) in [5, 5.41) is 7.31. The van der Waals surface area contributed by atoms with E-state index in [1.165, 1.54) is 54.4 Å². The van der Waals surface area contributed by atoms with Crippen LogP contribution in [0.25, 0.3) is 99.2 Å². The summed E-state index contributed by atoms with van der Waals surface area (Å²) >= 11 is 0. The van der Waals surface area contributed by atoms with Crippen molar-refractivity contribution >= 4 is 88.1 Å². The minimum atomic E-state index is -0.862. The van der Waals surface area contributed by atoms with Crippen molar-refractivity contribution in [2.24, 2.45) is 0 Å². The van der Waals surface area contributed by atoms with Gasteiger partial charge in [0.2, 0.25) is 5.95 Å². The van der Waals surface area contributed by atoms with Gasteiger partial charge in [-0.1, -0.05) is 164 Å². The Bertz CT molecular complexity index is 4410. The van der Waals surface area contributed by atoms with Gasteiger partial charge in [-0.15, -0.1) is 0 Å². The van der Waals surface area contributed by atoms with Gasteiger partial charge in [-0.2, -0.15) is 0 Å². The lowest BCUT2D eigenvalue weighted by atomic mass is 9.73. The molecule has 1 aliphatic rings. The van der Waals surface area contributed by atoms with Crippen molar-refractivity contribution in [3.05, 3.63) is 284 Å². The number of aromatic nitrogens is 5. The average molecular weight is 945 g/mol. The number of nitrogens with zero attached hydrogens (tertiary/aromatic N) is 6. The van der Waals surface area contributed by atoms with E-state index in [4.69, 9.17) is 4.98 Å². The molecule has 15 aromatic rings. The Kier molecular flexibility index (Phi) is 8.57. The van der Waals surface area contributed by atoms with E-state index in [-0.39, 0.29) is 0 Å². The molecule has 5 heterocycles. The summed E-state index contributed by atoms with van der Waals surface area (Å²) in [4.78, 5) is 8.00. The molecule has 0 radical (unpaired) electrons. The van der Waals surface area contributed by atoms with Crippen LogP contribution >= 0.6 is 0 Å². The van der Waals surface area contributed by atoms with Gasteiger partial charge >= 0.3 is 0 Å². The fourth-order valence-corrected chi connectivity index (χ4v) is 12.8. The third-order valence-electron chi connectivity index (χ3n) is 15.8. The molecule has 1 aliphatic heterocycles. The smallest absolute Gasteiger partial charge is 0.217 e. The highest BCUT2D eigenvalue weighted by molar-refractivity contribution is 6.14. The van der Waals surface area contributed by atoms with Crippen molar-refractivity contribution in [3.63, 3.8) is 0 Å². The summed E-state index contributed by atoms with van der Waals surface area (Å²) in [5.74, 6) is 0.859. The van der Waals surface area contributed by atoms with E-state index in [0.717, 1.165) is 73.1 Å². The SMILES string of the molecule is c1ccc(N2c3nc4ccccc4n3-c3ccc(-n4c5ccc(-n6c7ccccc7c7ccccc76)cc5c5cc(-n6c7ccccc7c7ccccc76)ccc54)cc3C2(c2ccccc2)c2ccccc2)cc1. The Morgan fingerprint density at radius 3 is 1.14 bits per heavy atom. The zero-order valence-electron chi connectivity index (χ0n) is 40.1. The van der Waals surface area contributed by atoms with Crippen LogP contribution in [0.3, 0.4) is 0 Å². The molecule has 0 atom stereocenters. The zero-order valence-corrected chi connectivity index (χ0v) is 40.1. The van der Waals surface area contributed by atoms with E-state index >= 15 is 0 Å². The Labute approximate surface area is 426 Å². The van der Waals surface area contributed by atoms with Gasteiger partial charge in [0.25, 0.3) is 0 Å². The summed E-state index contributed by atoms with van der Waals surface area (Å²) in [6.07, 6.45) is 0. The minimum absolute atomic E-state index is 0.859. The minimum Gasteiger partial charge on any atom is -0.309 e. The maximum atomic E-state index is 5.52. The van der Waals surface area contributed by atoms with Crippen LogP contribution < -0.4 is 4.90 Å². The lowest BCUT2D eigenvalue weighted by Crippen LogP contribution is -2.49. The second-order valence-corrected chi connectivity index (χ2v) is 19.5. The Balaban J connectivity index is 1.02. The highest BCUT2D eigenvalue weighted by Gasteiger charge is 2.50. The van der Waals surface area contributed by atoms with Gasteiger partial charge in [0, 0.05) is 60.6 Å². The maximum absolute atomic E-state index is 5.52. The van der Waals surface area contributed by atoms with E-state index in [2.05, 4.69) is 290 Å². The van der Waals surface area contributed by atoms with Crippen LogP contribution in [0.4, 0.5) is 11.6 Å². The monoisotopic (exact) mass is 944 g/mol. The number of benzene rings is 11. The third kappa shape index (κ3) is 5.56. The maximum Gasteiger partial charge on any atom is 0.217 e. The van der Waals surface area contributed by atoms with Gasteiger partial charge in [0.05, 0.1) is 49.8 Å². The van der Waals surface area contributed by atoms with E-state index in [1.54, 1.807) is 0 Å². The van der Waals surface area contributed by atoms with Crippen LogP contribution in [-0.4, -0.2) is 23.3 Å². The van der Waals surface area contributed by atoms with Crippen molar-refractivity contribution < 1.29 is 0 Å². The lowest BCUT2D eigenvalue weighted by Gasteiger charge is -2.49. The predicted molar refractivity (Wildman–Crippen MR) is 305 cm³/mol. The fraction of sp³-hybridized carbons (Fsp3) is 0.0147. The third-order valence-corrected chi connectivity index (χ3v) is 15.8. The van der Waals surface area contributed by atoms with Crippen LogP contribution in [0.1, 0.15) is 16.7 Å². The second-order valence-electron chi connectivity index (χ2n) is 19.5. The summed E-state index contributed by atoms with van der Waals surface area (Å²) in [5.41, 5.74) is 17.0. The van der Waals surface area contributed by atoms with Gasteiger partial charge in [-0.25, -0.2) is 4.98 Å². The molecule has 0 N–H and O–H groups in total. The number of hydrogen-bond donors (Lipinski definition) is 0. The lowest BCUT2D eigenvalue weighted by molar-refractivity contribution is 0.588. The van der Waals surface area contributed by atoms with Crippen LogP contribution in [-0.2, 0) is 5.54 Å².